The Morgan fingerprint density at radius 2 is 2.24 bits per heavy atom. The summed E-state index contributed by atoms with van der Waals surface area (Å²) in [5, 5.41) is 20.6. The van der Waals surface area contributed by atoms with E-state index in [2.05, 4.69) is 11.4 Å². The van der Waals surface area contributed by atoms with Gasteiger partial charge in [0.1, 0.15) is 6.07 Å². The van der Waals surface area contributed by atoms with Crippen molar-refractivity contribution < 1.29 is 9.84 Å². The molecule has 0 spiro atoms. The minimum atomic E-state index is 0.0456. The largest absolute Gasteiger partial charge is 0.399 e. The van der Waals surface area contributed by atoms with Crippen LogP contribution in [0.15, 0.2) is 18.2 Å². The third-order valence-electron chi connectivity index (χ3n) is 2.18. The molecule has 1 aromatic carbocycles. The zero-order valence-corrected chi connectivity index (χ0v) is 9.65. The van der Waals surface area contributed by atoms with E-state index in [1.165, 1.54) is 0 Å². The number of nitrogen functional groups attached to an aromatic ring is 1. The van der Waals surface area contributed by atoms with Crippen LogP contribution in [0.25, 0.3) is 0 Å². The van der Waals surface area contributed by atoms with E-state index in [0.717, 1.165) is 12.1 Å². The number of hydrogen-bond acceptors (Lipinski definition) is 5. The van der Waals surface area contributed by atoms with E-state index in [1.54, 1.807) is 18.2 Å². The lowest BCUT2D eigenvalue weighted by Gasteiger charge is -2.08. The van der Waals surface area contributed by atoms with Crippen LogP contribution in [0.3, 0.4) is 0 Å². The van der Waals surface area contributed by atoms with Crippen molar-refractivity contribution in [1.82, 2.24) is 0 Å². The fraction of sp³-hybridized carbons (Fsp3) is 0.417. The predicted molar refractivity (Wildman–Crippen MR) is 66.6 cm³/mol. The molecule has 0 aliphatic heterocycles. The average molecular weight is 235 g/mol. The lowest BCUT2D eigenvalue weighted by atomic mass is 10.1. The highest BCUT2D eigenvalue weighted by Gasteiger charge is 2.01. The van der Waals surface area contributed by atoms with Crippen molar-refractivity contribution >= 4 is 11.4 Å². The second-order valence-electron chi connectivity index (χ2n) is 3.53. The highest BCUT2D eigenvalue weighted by molar-refractivity contribution is 5.62. The molecule has 0 radical (unpaired) electrons. The molecule has 5 heteroatoms. The summed E-state index contributed by atoms with van der Waals surface area (Å²) in [6, 6.07) is 7.28. The maximum absolute atomic E-state index is 8.92. The first-order chi connectivity index (χ1) is 8.27. The van der Waals surface area contributed by atoms with Gasteiger partial charge in [-0.3, -0.25) is 0 Å². The van der Waals surface area contributed by atoms with Crippen LogP contribution in [0, 0.1) is 11.3 Å². The SMILES string of the molecule is N#Cc1cc(N)ccc1NCCCOCCO. The highest BCUT2D eigenvalue weighted by atomic mass is 16.5. The Kier molecular flexibility index (Phi) is 5.86. The lowest BCUT2D eigenvalue weighted by Crippen LogP contribution is -2.08. The van der Waals surface area contributed by atoms with E-state index in [0.29, 0.717) is 31.0 Å². The molecule has 0 saturated carbocycles. The molecule has 17 heavy (non-hydrogen) atoms. The molecule has 0 aliphatic rings. The number of nitrogens with zero attached hydrogens (tertiary/aromatic N) is 1. The van der Waals surface area contributed by atoms with Crippen LogP contribution in [0.2, 0.25) is 0 Å². The summed E-state index contributed by atoms with van der Waals surface area (Å²) in [4.78, 5) is 0. The van der Waals surface area contributed by atoms with Crippen molar-refractivity contribution in [3.63, 3.8) is 0 Å². The molecule has 5 nitrogen and oxygen atoms in total. The van der Waals surface area contributed by atoms with E-state index in [-0.39, 0.29) is 6.61 Å². The van der Waals surface area contributed by atoms with Crippen molar-refractivity contribution in [2.75, 3.05) is 37.4 Å². The fourth-order valence-electron chi connectivity index (χ4n) is 1.37. The Morgan fingerprint density at radius 3 is 2.94 bits per heavy atom. The third-order valence-corrected chi connectivity index (χ3v) is 2.18. The number of nitrogens with one attached hydrogen (secondary N) is 1. The van der Waals surface area contributed by atoms with Gasteiger partial charge in [-0.2, -0.15) is 5.26 Å². The Balaban J connectivity index is 2.34. The second-order valence-corrected chi connectivity index (χ2v) is 3.53. The monoisotopic (exact) mass is 235 g/mol. The van der Waals surface area contributed by atoms with Crippen LogP contribution in [0.4, 0.5) is 11.4 Å². The zero-order chi connectivity index (χ0) is 12.5. The molecule has 0 fully saturated rings. The Morgan fingerprint density at radius 1 is 1.41 bits per heavy atom. The maximum Gasteiger partial charge on any atom is 0.101 e. The van der Waals surface area contributed by atoms with Gasteiger partial charge in [0.05, 0.1) is 24.5 Å². The standard InChI is InChI=1S/C12H17N3O2/c13-9-10-8-11(14)2-3-12(10)15-4-1-6-17-7-5-16/h2-3,8,15-16H,1,4-7,14H2. The highest BCUT2D eigenvalue weighted by Crippen LogP contribution is 2.17. The second kappa shape index (κ2) is 7.49. The maximum atomic E-state index is 8.92. The molecule has 0 heterocycles. The van der Waals surface area contributed by atoms with E-state index in [9.17, 15) is 0 Å². The Labute approximate surface area is 101 Å². The quantitative estimate of drug-likeness (QED) is 0.483. The van der Waals surface area contributed by atoms with Crippen molar-refractivity contribution in [2.24, 2.45) is 0 Å². The summed E-state index contributed by atoms with van der Waals surface area (Å²) in [7, 11) is 0. The van der Waals surface area contributed by atoms with Crippen LogP contribution < -0.4 is 11.1 Å². The van der Waals surface area contributed by atoms with Gasteiger partial charge in [0, 0.05) is 18.8 Å². The summed E-state index contributed by atoms with van der Waals surface area (Å²) < 4.78 is 5.12. The molecule has 0 aliphatic carbocycles. The molecule has 0 bridgehead atoms. The number of hydrogen-bond donors (Lipinski definition) is 3. The van der Waals surface area contributed by atoms with Crippen LogP contribution in [0.1, 0.15) is 12.0 Å². The Hall–Kier alpha value is -1.77. The van der Waals surface area contributed by atoms with Gasteiger partial charge in [-0.1, -0.05) is 0 Å². The number of benzene rings is 1. The van der Waals surface area contributed by atoms with Gasteiger partial charge in [0.2, 0.25) is 0 Å². The number of anilines is 2. The molecule has 4 N–H and O–H groups in total. The van der Waals surface area contributed by atoms with Crippen LogP contribution >= 0.6 is 0 Å². The molecule has 92 valence electrons. The smallest absolute Gasteiger partial charge is 0.101 e. The summed E-state index contributed by atoms with van der Waals surface area (Å²) in [5.41, 5.74) is 7.50. The fourth-order valence-corrected chi connectivity index (χ4v) is 1.37. The van der Waals surface area contributed by atoms with Gasteiger partial charge in [-0.15, -0.1) is 0 Å². The third kappa shape index (κ3) is 4.72. The number of ether oxygens (including phenoxy) is 1. The normalized spacial score (nSPS) is 9.88. The van der Waals surface area contributed by atoms with E-state index >= 15 is 0 Å². The zero-order valence-electron chi connectivity index (χ0n) is 9.65. The number of nitrogens with two attached hydrogens (primary N) is 1. The topological polar surface area (TPSA) is 91.3 Å². The number of aliphatic hydroxyl groups is 1. The van der Waals surface area contributed by atoms with Crippen molar-refractivity contribution in [1.29, 1.82) is 5.26 Å². The molecule has 0 atom stereocenters. The predicted octanol–water partition coefficient (Wildman–Crippen LogP) is 0.951. The van der Waals surface area contributed by atoms with Gasteiger partial charge in [-0.25, -0.2) is 0 Å². The Bertz CT molecular complexity index is 388. The molecule has 0 amide bonds. The molecule has 0 aromatic heterocycles. The summed E-state index contributed by atoms with van der Waals surface area (Å²) >= 11 is 0. The molecule has 1 aromatic rings. The van der Waals surface area contributed by atoms with Crippen molar-refractivity contribution in [2.45, 2.75) is 6.42 Å². The van der Waals surface area contributed by atoms with Crippen molar-refractivity contribution in [3.8, 4) is 6.07 Å². The summed E-state index contributed by atoms with van der Waals surface area (Å²) in [6.45, 7) is 1.71. The molecular weight excluding hydrogens is 218 g/mol. The number of nitriles is 1. The van der Waals surface area contributed by atoms with Gasteiger partial charge in [-0.05, 0) is 24.6 Å². The first kappa shape index (κ1) is 13.3. The van der Waals surface area contributed by atoms with Crippen LogP contribution in [0.5, 0.6) is 0 Å². The minimum absolute atomic E-state index is 0.0456. The van der Waals surface area contributed by atoms with Gasteiger partial charge >= 0.3 is 0 Å². The molecule has 0 unspecified atom stereocenters. The minimum Gasteiger partial charge on any atom is -0.399 e. The first-order valence-corrected chi connectivity index (χ1v) is 5.50. The molecule has 0 saturated heterocycles. The first-order valence-electron chi connectivity index (χ1n) is 5.50. The van der Waals surface area contributed by atoms with Crippen LogP contribution in [-0.4, -0.2) is 31.5 Å². The average Bonchev–Trinajstić information content (AvgIpc) is 2.35. The van der Waals surface area contributed by atoms with Gasteiger partial charge in [0.25, 0.3) is 0 Å². The number of rotatable bonds is 7. The van der Waals surface area contributed by atoms with E-state index in [1.807, 2.05) is 0 Å². The van der Waals surface area contributed by atoms with Gasteiger partial charge in [0.15, 0.2) is 0 Å². The van der Waals surface area contributed by atoms with Crippen molar-refractivity contribution in [3.05, 3.63) is 23.8 Å². The number of aliphatic hydroxyl groups excluding tert-OH is 1. The van der Waals surface area contributed by atoms with Gasteiger partial charge < -0.3 is 20.9 Å². The lowest BCUT2D eigenvalue weighted by molar-refractivity contribution is 0.0922. The molecule has 1 rings (SSSR count). The van der Waals surface area contributed by atoms with E-state index in [4.69, 9.17) is 20.8 Å². The summed E-state index contributed by atoms with van der Waals surface area (Å²) in [6.07, 6.45) is 0.815. The summed E-state index contributed by atoms with van der Waals surface area (Å²) in [5.74, 6) is 0. The molecular formula is C12H17N3O2. The van der Waals surface area contributed by atoms with Crippen LogP contribution in [-0.2, 0) is 4.74 Å². The van der Waals surface area contributed by atoms with E-state index < -0.39 is 0 Å².